The molecule has 3 nitrogen and oxygen atoms in total. The predicted octanol–water partition coefficient (Wildman–Crippen LogP) is 1.26. The number of hydrogen-bond donors (Lipinski definition) is 2. The second-order valence-corrected chi connectivity index (χ2v) is 3.62. The van der Waals surface area contributed by atoms with Crippen LogP contribution in [0.1, 0.15) is 18.1 Å². The highest BCUT2D eigenvalue weighted by Crippen LogP contribution is 2.23. The molecular formula is C12H19NO2. The smallest absolute Gasteiger partial charge is 0.125 e. The Morgan fingerprint density at radius 3 is 2.80 bits per heavy atom. The molecule has 0 aromatic heterocycles. The second-order valence-electron chi connectivity index (χ2n) is 3.62. The molecule has 1 rings (SSSR count). The van der Waals surface area contributed by atoms with E-state index in [0.29, 0.717) is 0 Å². The summed E-state index contributed by atoms with van der Waals surface area (Å²) in [5.41, 5.74) is 7.58. The summed E-state index contributed by atoms with van der Waals surface area (Å²) < 4.78 is 5.58. The van der Waals surface area contributed by atoms with Crippen LogP contribution in [0.3, 0.4) is 0 Å². The first-order valence-corrected chi connectivity index (χ1v) is 5.28. The van der Waals surface area contributed by atoms with Crippen molar-refractivity contribution < 1.29 is 9.84 Å². The molecule has 0 fully saturated rings. The molecule has 1 aromatic carbocycles. The molecule has 1 atom stereocenters. The van der Waals surface area contributed by atoms with Crippen molar-refractivity contribution in [2.75, 3.05) is 13.2 Å². The SMILES string of the molecule is CCc1cccc(C)c1OCC(O)CN. The van der Waals surface area contributed by atoms with Gasteiger partial charge in [0.25, 0.3) is 0 Å². The number of hydrogen-bond acceptors (Lipinski definition) is 3. The van der Waals surface area contributed by atoms with Crippen molar-refractivity contribution in [2.24, 2.45) is 5.73 Å². The molecule has 0 saturated carbocycles. The minimum Gasteiger partial charge on any atom is -0.490 e. The van der Waals surface area contributed by atoms with Crippen molar-refractivity contribution in [2.45, 2.75) is 26.4 Å². The zero-order chi connectivity index (χ0) is 11.3. The van der Waals surface area contributed by atoms with Gasteiger partial charge in [0.1, 0.15) is 18.5 Å². The number of rotatable bonds is 5. The number of nitrogens with two attached hydrogens (primary N) is 1. The number of benzene rings is 1. The zero-order valence-corrected chi connectivity index (χ0v) is 9.36. The van der Waals surface area contributed by atoms with Gasteiger partial charge in [0.05, 0.1) is 0 Å². The van der Waals surface area contributed by atoms with Crippen LogP contribution in [-0.2, 0) is 6.42 Å². The molecule has 0 radical (unpaired) electrons. The van der Waals surface area contributed by atoms with E-state index in [1.54, 1.807) is 0 Å². The van der Waals surface area contributed by atoms with E-state index >= 15 is 0 Å². The second kappa shape index (κ2) is 5.73. The van der Waals surface area contributed by atoms with Crippen LogP contribution in [0, 0.1) is 6.92 Å². The van der Waals surface area contributed by atoms with Crippen molar-refractivity contribution in [3.05, 3.63) is 29.3 Å². The van der Waals surface area contributed by atoms with Crippen molar-refractivity contribution in [3.8, 4) is 5.75 Å². The largest absolute Gasteiger partial charge is 0.490 e. The topological polar surface area (TPSA) is 55.5 Å². The van der Waals surface area contributed by atoms with Gasteiger partial charge in [0.15, 0.2) is 0 Å². The average Bonchev–Trinajstić information content (AvgIpc) is 2.26. The van der Waals surface area contributed by atoms with Crippen LogP contribution in [0.2, 0.25) is 0 Å². The Kier molecular flexibility index (Phi) is 4.59. The van der Waals surface area contributed by atoms with Crippen LogP contribution in [-0.4, -0.2) is 24.4 Å². The summed E-state index contributed by atoms with van der Waals surface area (Å²) in [5, 5.41) is 9.32. The summed E-state index contributed by atoms with van der Waals surface area (Å²) >= 11 is 0. The maximum Gasteiger partial charge on any atom is 0.125 e. The number of para-hydroxylation sites is 1. The zero-order valence-electron chi connectivity index (χ0n) is 9.36. The summed E-state index contributed by atoms with van der Waals surface area (Å²) in [6.07, 6.45) is 0.338. The van der Waals surface area contributed by atoms with Gasteiger partial charge in [0.2, 0.25) is 0 Å². The first-order chi connectivity index (χ1) is 7.19. The molecule has 15 heavy (non-hydrogen) atoms. The quantitative estimate of drug-likeness (QED) is 0.767. The molecule has 0 aliphatic rings. The van der Waals surface area contributed by atoms with Gasteiger partial charge >= 0.3 is 0 Å². The first kappa shape index (κ1) is 12.0. The van der Waals surface area contributed by atoms with Crippen LogP contribution in [0.4, 0.5) is 0 Å². The Balaban J connectivity index is 2.74. The van der Waals surface area contributed by atoms with Gasteiger partial charge in [-0.25, -0.2) is 0 Å². The average molecular weight is 209 g/mol. The Hall–Kier alpha value is -1.06. The molecule has 0 aliphatic heterocycles. The third-order valence-corrected chi connectivity index (χ3v) is 2.37. The van der Waals surface area contributed by atoms with Gasteiger partial charge in [-0.1, -0.05) is 25.1 Å². The van der Waals surface area contributed by atoms with Gasteiger partial charge in [-0.15, -0.1) is 0 Å². The lowest BCUT2D eigenvalue weighted by atomic mass is 10.1. The molecule has 3 heteroatoms. The maximum atomic E-state index is 9.32. The Morgan fingerprint density at radius 2 is 2.20 bits per heavy atom. The van der Waals surface area contributed by atoms with E-state index in [9.17, 15) is 5.11 Å². The van der Waals surface area contributed by atoms with Gasteiger partial charge in [-0.05, 0) is 24.5 Å². The van der Waals surface area contributed by atoms with E-state index in [0.717, 1.165) is 17.7 Å². The summed E-state index contributed by atoms with van der Waals surface area (Å²) in [4.78, 5) is 0. The highest BCUT2D eigenvalue weighted by molar-refractivity contribution is 5.40. The van der Waals surface area contributed by atoms with Crippen molar-refractivity contribution in [3.63, 3.8) is 0 Å². The monoisotopic (exact) mass is 209 g/mol. The highest BCUT2D eigenvalue weighted by Gasteiger charge is 2.07. The minimum absolute atomic E-state index is 0.230. The highest BCUT2D eigenvalue weighted by atomic mass is 16.5. The standard InChI is InChI=1S/C12H19NO2/c1-3-10-6-4-5-9(2)12(10)15-8-11(14)7-13/h4-6,11,14H,3,7-8,13H2,1-2H3. The normalized spacial score (nSPS) is 12.5. The van der Waals surface area contributed by atoms with Crippen LogP contribution >= 0.6 is 0 Å². The van der Waals surface area contributed by atoms with Crippen molar-refractivity contribution in [1.29, 1.82) is 0 Å². The van der Waals surface area contributed by atoms with E-state index in [2.05, 4.69) is 6.92 Å². The molecule has 84 valence electrons. The van der Waals surface area contributed by atoms with Crippen LogP contribution < -0.4 is 10.5 Å². The third kappa shape index (κ3) is 3.22. The van der Waals surface area contributed by atoms with E-state index in [4.69, 9.17) is 10.5 Å². The summed E-state index contributed by atoms with van der Waals surface area (Å²) in [5.74, 6) is 0.882. The maximum absolute atomic E-state index is 9.32. The summed E-state index contributed by atoms with van der Waals surface area (Å²) in [7, 11) is 0. The molecule has 0 bridgehead atoms. The van der Waals surface area contributed by atoms with Crippen molar-refractivity contribution >= 4 is 0 Å². The van der Waals surface area contributed by atoms with Gasteiger partial charge in [-0.2, -0.15) is 0 Å². The molecule has 0 spiro atoms. The Labute approximate surface area is 90.9 Å². The Morgan fingerprint density at radius 1 is 1.47 bits per heavy atom. The number of aliphatic hydroxyl groups is 1. The fourth-order valence-electron chi connectivity index (χ4n) is 1.45. The molecule has 0 amide bonds. The molecule has 1 unspecified atom stereocenters. The number of aryl methyl sites for hydroxylation is 2. The minimum atomic E-state index is -0.589. The van der Waals surface area contributed by atoms with Crippen LogP contribution in [0.15, 0.2) is 18.2 Å². The predicted molar refractivity (Wildman–Crippen MR) is 61.1 cm³/mol. The van der Waals surface area contributed by atoms with E-state index < -0.39 is 6.10 Å². The first-order valence-electron chi connectivity index (χ1n) is 5.28. The van der Waals surface area contributed by atoms with Gasteiger partial charge in [-0.3, -0.25) is 0 Å². The van der Waals surface area contributed by atoms with E-state index in [1.165, 1.54) is 5.56 Å². The van der Waals surface area contributed by atoms with E-state index in [1.807, 2.05) is 25.1 Å². The van der Waals surface area contributed by atoms with E-state index in [-0.39, 0.29) is 13.2 Å². The molecule has 0 heterocycles. The summed E-state index contributed by atoms with van der Waals surface area (Å²) in [6.45, 7) is 4.58. The summed E-state index contributed by atoms with van der Waals surface area (Å²) in [6, 6.07) is 6.06. The van der Waals surface area contributed by atoms with Crippen LogP contribution in [0.25, 0.3) is 0 Å². The number of ether oxygens (including phenoxy) is 1. The lowest BCUT2D eigenvalue weighted by Gasteiger charge is -2.15. The third-order valence-electron chi connectivity index (χ3n) is 2.37. The van der Waals surface area contributed by atoms with Gasteiger partial charge in [0, 0.05) is 6.54 Å². The molecule has 3 N–H and O–H groups in total. The molecule has 0 saturated heterocycles. The van der Waals surface area contributed by atoms with Gasteiger partial charge < -0.3 is 15.6 Å². The lowest BCUT2D eigenvalue weighted by Crippen LogP contribution is -2.27. The molecule has 0 aliphatic carbocycles. The Bertz CT molecular complexity index is 312. The van der Waals surface area contributed by atoms with Crippen LogP contribution in [0.5, 0.6) is 5.75 Å². The molecule has 1 aromatic rings. The fourth-order valence-corrected chi connectivity index (χ4v) is 1.45. The lowest BCUT2D eigenvalue weighted by molar-refractivity contribution is 0.113. The van der Waals surface area contributed by atoms with Crippen molar-refractivity contribution in [1.82, 2.24) is 0 Å². The number of aliphatic hydroxyl groups excluding tert-OH is 1. The molecular weight excluding hydrogens is 190 g/mol. The fraction of sp³-hybridized carbons (Fsp3) is 0.500.